The highest BCUT2D eigenvalue weighted by atomic mass is 19.1. The molecule has 3 nitrogen and oxygen atoms in total. The first-order valence-corrected chi connectivity index (χ1v) is 6.28. The number of para-hydroxylation sites is 1. The second-order valence-electron chi connectivity index (χ2n) is 4.62. The van der Waals surface area contributed by atoms with Crippen LogP contribution in [0.3, 0.4) is 0 Å². The number of hydrogen-bond donors (Lipinski definition) is 1. The van der Waals surface area contributed by atoms with Gasteiger partial charge in [0.1, 0.15) is 5.82 Å². The molecule has 0 saturated carbocycles. The minimum atomic E-state index is -0.382. The Morgan fingerprint density at radius 3 is 2.44 bits per heavy atom. The molecule has 0 radical (unpaired) electrons. The van der Waals surface area contributed by atoms with E-state index in [1.807, 2.05) is 20.8 Å². The molecule has 0 spiro atoms. The number of hydrogen-bond acceptors (Lipinski definition) is 2. The molecule has 100 valence electrons. The molecule has 1 aromatic rings. The third-order valence-electron chi connectivity index (χ3n) is 3.10. The number of benzene rings is 1. The molecule has 0 bridgehead atoms. The van der Waals surface area contributed by atoms with E-state index < -0.39 is 0 Å². The molecule has 4 heteroatoms. The zero-order valence-corrected chi connectivity index (χ0v) is 11.2. The Hall–Kier alpha value is -1.42. The van der Waals surface area contributed by atoms with Crippen LogP contribution in [0.4, 0.5) is 10.1 Å². The molecule has 0 heterocycles. The third kappa shape index (κ3) is 3.07. The Morgan fingerprint density at radius 2 is 2.00 bits per heavy atom. The van der Waals surface area contributed by atoms with Gasteiger partial charge >= 0.3 is 0 Å². The highest BCUT2D eigenvalue weighted by Gasteiger charge is 2.27. The lowest BCUT2D eigenvalue weighted by molar-refractivity contribution is -0.123. The first-order chi connectivity index (χ1) is 8.52. The van der Waals surface area contributed by atoms with E-state index in [9.17, 15) is 9.18 Å². The molecule has 0 aliphatic heterocycles. The molecular formula is C14H21FN2O. The first kappa shape index (κ1) is 14.6. The summed E-state index contributed by atoms with van der Waals surface area (Å²) in [6.07, 6.45) is 0. The zero-order valence-electron chi connectivity index (χ0n) is 11.2. The lowest BCUT2D eigenvalue weighted by atomic mass is 9.94. The summed E-state index contributed by atoms with van der Waals surface area (Å²) in [4.78, 5) is 13.8. The molecule has 1 unspecified atom stereocenters. The van der Waals surface area contributed by atoms with Crippen molar-refractivity contribution < 1.29 is 9.18 Å². The van der Waals surface area contributed by atoms with Crippen molar-refractivity contribution in [2.24, 2.45) is 17.6 Å². The fourth-order valence-electron chi connectivity index (χ4n) is 1.97. The molecule has 0 aromatic heterocycles. The Kier molecular flexibility index (Phi) is 5.28. The van der Waals surface area contributed by atoms with Crippen LogP contribution in [-0.2, 0) is 4.79 Å². The quantitative estimate of drug-likeness (QED) is 0.874. The highest BCUT2D eigenvalue weighted by molar-refractivity contribution is 5.95. The van der Waals surface area contributed by atoms with E-state index in [0.29, 0.717) is 12.2 Å². The van der Waals surface area contributed by atoms with Gasteiger partial charge < -0.3 is 10.6 Å². The van der Waals surface area contributed by atoms with Crippen LogP contribution in [0.5, 0.6) is 0 Å². The van der Waals surface area contributed by atoms with Gasteiger partial charge in [-0.15, -0.1) is 0 Å². The molecule has 1 rings (SSSR count). The summed E-state index contributed by atoms with van der Waals surface area (Å²) in [5.41, 5.74) is 5.97. The largest absolute Gasteiger partial charge is 0.330 e. The van der Waals surface area contributed by atoms with Gasteiger partial charge in [0.05, 0.1) is 11.6 Å². The second kappa shape index (κ2) is 6.50. The molecular weight excluding hydrogens is 231 g/mol. The number of anilines is 1. The highest BCUT2D eigenvalue weighted by Crippen LogP contribution is 2.22. The van der Waals surface area contributed by atoms with Gasteiger partial charge in [-0.05, 0) is 25.0 Å². The molecule has 0 saturated heterocycles. The summed E-state index contributed by atoms with van der Waals surface area (Å²) >= 11 is 0. The van der Waals surface area contributed by atoms with Crippen molar-refractivity contribution in [3.63, 3.8) is 0 Å². The standard InChI is InChI=1S/C14H21FN2O/c1-4-17(13-8-6-5-7-12(13)15)14(18)11(9-16)10(2)3/h5-8,10-11H,4,9,16H2,1-3H3. The van der Waals surface area contributed by atoms with Gasteiger partial charge in [-0.2, -0.15) is 0 Å². The van der Waals surface area contributed by atoms with Gasteiger partial charge in [0.2, 0.25) is 5.91 Å². The number of halogens is 1. The normalized spacial score (nSPS) is 12.6. The van der Waals surface area contributed by atoms with Crippen LogP contribution >= 0.6 is 0 Å². The number of carbonyl (C=O) groups excluding carboxylic acids is 1. The summed E-state index contributed by atoms with van der Waals surface area (Å²) < 4.78 is 13.7. The summed E-state index contributed by atoms with van der Waals surface area (Å²) in [7, 11) is 0. The van der Waals surface area contributed by atoms with E-state index in [1.54, 1.807) is 18.2 Å². The summed E-state index contributed by atoms with van der Waals surface area (Å²) in [6, 6.07) is 6.31. The van der Waals surface area contributed by atoms with Crippen molar-refractivity contribution in [2.45, 2.75) is 20.8 Å². The van der Waals surface area contributed by atoms with Gasteiger partial charge in [-0.1, -0.05) is 26.0 Å². The van der Waals surface area contributed by atoms with Crippen LogP contribution in [0.2, 0.25) is 0 Å². The summed E-state index contributed by atoms with van der Waals surface area (Å²) in [5, 5.41) is 0. The maximum absolute atomic E-state index is 13.7. The molecule has 1 aromatic carbocycles. The molecule has 1 atom stereocenters. The second-order valence-corrected chi connectivity index (χ2v) is 4.62. The van der Waals surface area contributed by atoms with E-state index in [-0.39, 0.29) is 30.1 Å². The van der Waals surface area contributed by atoms with Gasteiger partial charge in [0, 0.05) is 13.1 Å². The van der Waals surface area contributed by atoms with E-state index in [4.69, 9.17) is 5.73 Å². The number of rotatable bonds is 5. The lowest BCUT2D eigenvalue weighted by Crippen LogP contribution is -2.41. The van der Waals surface area contributed by atoms with Crippen molar-refractivity contribution in [1.29, 1.82) is 0 Å². The average Bonchev–Trinajstić information content (AvgIpc) is 2.33. The Balaban J connectivity index is 3.04. The third-order valence-corrected chi connectivity index (χ3v) is 3.10. The van der Waals surface area contributed by atoms with Gasteiger partial charge in [0.25, 0.3) is 0 Å². The number of carbonyl (C=O) groups is 1. The predicted octanol–water partition coefficient (Wildman–Crippen LogP) is 2.41. The molecule has 0 fully saturated rings. The maximum Gasteiger partial charge on any atom is 0.231 e. The Labute approximate surface area is 108 Å². The van der Waals surface area contributed by atoms with Crippen molar-refractivity contribution in [2.75, 3.05) is 18.0 Å². The Bertz CT molecular complexity index is 407. The van der Waals surface area contributed by atoms with Crippen molar-refractivity contribution in [3.05, 3.63) is 30.1 Å². The molecule has 0 aliphatic rings. The summed E-state index contributed by atoms with van der Waals surface area (Å²) in [6.45, 7) is 6.44. The summed E-state index contributed by atoms with van der Waals surface area (Å²) in [5.74, 6) is -0.625. The van der Waals surface area contributed by atoms with Crippen LogP contribution in [-0.4, -0.2) is 19.0 Å². The predicted molar refractivity (Wildman–Crippen MR) is 71.8 cm³/mol. The van der Waals surface area contributed by atoms with E-state index >= 15 is 0 Å². The lowest BCUT2D eigenvalue weighted by Gasteiger charge is -2.28. The SMILES string of the molecule is CCN(C(=O)C(CN)C(C)C)c1ccccc1F. The molecule has 18 heavy (non-hydrogen) atoms. The minimum absolute atomic E-state index is 0.111. The van der Waals surface area contributed by atoms with Crippen LogP contribution in [0.15, 0.2) is 24.3 Å². The van der Waals surface area contributed by atoms with Gasteiger partial charge in [-0.25, -0.2) is 4.39 Å². The van der Waals surface area contributed by atoms with E-state index in [1.165, 1.54) is 11.0 Å². The first-order valence-electron chi connectivity index (χ1n) is 6.28. The zero-order chi connectivity index (χ0) is 13.7. The fraction of sp³-hybridized carbons (Fsp3) is 0.500. The Morgan fingerprint density at radius 1 is 1.39 bits per heavy atom. The number of nitrogens with zero attached hydrogens (tertiary/aromatic N) is 1. The van der Waals surface area contributed by atoms with E-state index in [0.717, 1.165) is 0 Å². The topological polar surface area (TPSA) is 46.3 Å². The van der Waals surface area contributed by atoms with Crippen LogP contribution in [0.1, 0.15) is 20.8 Å². The van der Waals surface area contributed by atoms with Crippen molar-refractivity contribution in [3.8, 4) is 0 Å². The average molecular weight is 252 g/mol. The van der Waals surface area contributed by atoms with Crippen LogP contribution < -0.4 is 10.6 Å². The van der Waals surface area contributed by atoms with Gasteiger partial charge in [0.15, 0.2) is 0 Å². The molecule has 2 N–H and O–H groups in total. The number of amides is 1. The maximum atomic E-state index is 13.7. The van der Waals surface area contributed by atoms with Gasteiger partial charge in [-0.3, -0.25) is 4.79 Å². The van der Waals surface area contributed by atoms with Crippen LogP contribution in [0.25, 0.3) is 0 Å². The molecule has 0 aliphatic carbocycles. The fourth-order valence-corrected chi connectivity index (χ4v) is 1.97. The smallest absolute Gasteiger partial charge is 0.231 e. The monoisotopic (exact) mass is 252 g/mol. The van der Waals surface area contributed by atoms with E-state index in [2.05, 4.69) is 0 Å². The van der Waals surface area contributed by atoms with Crippen LogP contribution in [0, 0.1) is 17.7 Å². The van der Waals surface area contributed by atoms with Crippen molar-refractivity contribution in [1.82, 2.24) is 0 Å². The van der Waals surface area contributed by atoms with Crippen molar-refractivity contribution >= 4 is 11.6 Å². The molecule has 1 amide bonds. The minimum Gasteiger partial charge on any atom is -0.330 e. The number of nitrogens with two attached hydrogens (primary N) is 1.